The molecule has 1 aliphatic rings. The van der Waals surface area contributed by atoms with Gasteiger partial charge in [0.2, 0.25) is 12.5 Å². The number of rotatable bonds is 8. The molecule has 0 aliphatic carbocycles. The summed E-state index contributed by atoms with van der Waals surface area (Å²) in [6, 6.07) is 13.3. The zero-order valence-electron chi connectivity index (χ0n) is 20.9. The minimum Gasteiger partial charge on any atom is -0.481 e. The molecule has 0 unspecified atom stereocenters. The summed E-state index contributed by atoms with van der Waals surface area (Å²) in [4.78, 5) is 29.3. The quantitative estimate of drug-likeness (QED) is 0.128. The van der Waals surface area contributed by atoms with Crippen molar-refractivity contribution in [1.29, 1.82) is 0 Å². The Balaban J connectivity index is 1.48. The lowest BCUT2D eigenvalue weighted by molar-refractivity contribution is -0.385. The molecule has 1 aromatic heterocycles. The van der Waals surface area contributed by atoms with Crippen LogP contribution in [0, 0.1) is 10.1 Å². The number of fused-ring (bicyclic) bond motifs is 2. The first-order valence-corrected chi connectivity index (χ1v) is 13.2. The molecule has 0 spiro atoms. The Hall–Kier alpha value is -3.96. The van der Waals surface area contributed by atoms with Crippen molar-refractivity contribution < 1.29 is 19.1 Å². The van der Waals surface area contributed by atoms with Gasteiger partial charge in [-0.1, -0.05) is 47.4 Å². The average Bonchev–Trinajstić information content (AvgIpc) is 3.39. The Morgan fingerprint density at radius 2 is 2.03 bits per heavy atom. The zero-order chi connectivity index (χ0) is 27.7. The van der Waals surface area contributed by atoms with Crippen LogP contribution in [0.15, 0.2) is 62.9 Å². The first-order chi connectivity index (χ1) is 18.7. The van der Waals surface area contributed by atoms with E-state index in [9.17, 15) is 14.9 Å². The number of nitro groups is 1. The van der Waals surface area contributed by atoms with Crippen LogP contribution in [-0.2, 0) is 6.61 Å². The highest BCUT2D eigenvalue weighted by atomic mass is 79.9. The second-order valence-electron chi connectivity index (χ2n) is 8.89. The lowest BCUT2D eigenvalue weighted by Gasteiger charge is -2.14. The molecule has 200 valence electrons. The summed E-state index contributed by atoms with van der Waals surface area (Å²) in [6.07, 6.45) is 2.08. The summed E-state index contributed by atoms with van der Waals surface area (Å²) in [6.45, 7) is 4.10. The predicted molar refractivity (Wildman–Crippen MR) is 150 cm³/mol. The maximum absolute atomic E-state index is 13.3. The second kappa shape index (κ2) is 11.0. The Kier molecular flexibility index (Phi) is 7.53. The van der Waals surface area contributed by atoms with E-state index in [1.54, 1.807) is 30.3 Å². The van der Waals surface area contributed by atoms with Gasteiger partial charge < -0.3 is 14.2 Å². The Morgan fingerprint density at radius 1 is 1.23 bits per heavy atom. The molecule has 0 radical (unpaired) electrons. The number of hydrogen-bond acceptors (Lipinski definition) is 8. The van der Waals surface area contributed by atoms with E-state index in [0.717, 1.165) is 16.5 Å². The van der Waals surface area contributed by atoms with Crippen LogP contribution in [0.3, 0.4) is 0 Å². The third-order valence-electron chi connectivity index (χ3n) is 6.27. The van der Waals surface area contributed by atoms with E-state index >= 15 is 0 Å². The van der Waals surface area contributed by atoms with Crippen molar-refractivity contribution >= 4 is 50.3 Å². The third kappa shape index (κ3) is 5.45. The van der Waals surface area contributed by atoms with Gasteiger partial charge in [-0.25, -0.2) is 4.98 Å². The van der Waals surface area contributed by atoms with Crippen LogP contribution in [0.4, 0.5) is 5.69 Å². The number of halogens is 2. The number of aromatic nitrogens is 2. The van der Waals surface area contributed by atoms with Gasteiger partial charge in [0.15, 0.2) is 11.5 Å². The molecule has 0 bridgehead atoms. The summed E-state index contributed by atoms with van der Waals surface area (Å²) < 4.78 is 18.4. The van der Waals surface area contributed by atoms with Gasteiger partial charge in [0.05, 0.1) is 27.1 Å². The Labute approximate surface area is 236 Å². The van der Waals surface area contributed by atoms with E-state index in [1.807, 2.05) is 19.9 Å². The lowest BCUT2D eigenvalue weighted by Crippen LogP contribution is -2.23. The summed E-state index contributed by atoms with van der Waals surface area (Å²) >= 11 is 9.82. The largest absolute Gasteiger partial charge is 0.481 e. The van der Waals surface area contributed by atoms with E-state index in [1.165, 1.54) is 23.0 Å². The molecule has 10 nitrogen and oxygen atoms in total. The predicted octanol–water partition coefficient (Wildman–Crippen LogP) is 6.42. The topological polar surface area (TPSA) is 118 Å². The van der Waals surface area contributed by atoms with Gasteiger partial charge in [-0.15, -0.1) is 0 Å². The fourth-order valence-electron chi connectivity index (χ4n) is 4.04. The minimum absolute atomic E-state index is 0.0244. The average molecular weight is 614 g/mol. The first kappa shape index (κ1) is 26.6. The van der Waals surface area contributed by atoms with Gasteiger partial charge in [0.1, 0.15) is 12.4 Å². The van der Waals surface area contributed by atoms with E-state index < -0.39 is 4.92 Å². The Morgan fingerprint density at radius 3 is 2.79 bits per heavy atom. The van der Waals surface area contributed by atoms with Crippen LogP contribution >= 0.6 is 27.5 Å². The van der Waals surface area contributed by atoms with Crippen molar-refractivity contribution in [1.82, 2.24) is 9.66 Å². The summed E-state index contributed by atoms with van der Waals surface area (Å²) in [5.74, 6) is 1.54. The number of hydrogen-bond donors (Lipinski definition) is 0. The minimum atomic E-state index is -0.579. The van der Waals surface area contributed by atoms with Crippen LogP contribution in [-0.4, -0.2) is 27.6 Å². The van der Waals surface area contributed by atoms with Crippen LogP contribution in [0.5, 0.6) is 17.2 Å². The van der Waals surface area contributed by atoms with Crippen molar-refractivity contribution in [3.8, 4) is 17.2 Å². The van der Waals surface area contributed by atoms with E-state index in [4.69, 9.17) is 25.8 Å². The van der Waals surface area contributed by atoms with E-state index in [0.29, 0.717) is 33.8 Å². The monoisotopic (exact) mass is 612 g/mol. The fraction of sp³-hybridized carbons (Fsp3) is 0.222. The maximum atomic E-state index is 13.3. The van der Waals surface area contributed by atoms with Crippen LogP contribution < -0.4 is 19.8 Å². The molecular weight excluding hydrogens is 592 g/mol. The molecule has 39 heavy (non-hydrogen) atoms. The molecule has 5 rings (SSSR count). The second-order valence-corrected chi connectivity index (χ2v) is 10.2. The normalized spacial score (nSPS) is 13.2. The van der Waals surface area contributed by atoms with Crippen LogP contribution in [0.1, 0.15) is 43.1 Å². The van der Waals surface area contributed by atoms with Gasteiger partial charge in [-0.05, 0) is 48.4 Å². The molecule has 0 saturated carbocycles. The molecular formula is C27H22BrClN4O6. The van der Waals surface area contributed by atoms with Crippen LogP contribution in [0.2, 0.25) is 5.02 Å². The summed E-state index contributed by atoms with van der Waals surface area (Å²) in [5.41, 5.74) is 0.922. The van der Waals surface area contributed by atoms with E-state index in [-0.39, 0.29) is 41.3 Å². The number of nitrogens with zero attached hydrogens (tertiary/aromatic N) is 4. The van der Waals surface area contributed by atoms with Gasteiger partial charge >= 0.3 is 5.69 Å². The smallest absolute Gasteiger partial charge is 0.313 e. The Bertz CT molecular complexity index is 1690. The molecule has 0 amide bonds. The molecule has 1 atom stereocenters. The van der Waals surface area contributed by atoms with Crippen molar-refractivity contribution in [3.63, 3.8) is 0 Å². The molecule has 3 aromatic carbocycles. The van der Waals surface area contributed by atoms with Gasteiger partial charge in [0, 0.05) is 22.0 Å². The van der Waals surface area contributed by atoms with Crippen molar-refractivity contribution in [2.45, 2.75) is 32.8 Å². The van der Waals surface area contributed by atoms with Gasteiger partial charge in [0.25, 0.3) is 5.56 Å². The van der Waals surface area contributed by atoms with Crippen molar-refractivity contribution in [3.05, 3.63) is 95.4 Å². The molecule has 0 saturated heterocycles. The number of nitro benzene ring substituents is 1. The third-order valence-corrected chi connectivity index (χ3v) is 7.05. The molecule has 1 aliphatic heterocycles. The van der Waals surface area contributed by atoms with Crippen molar-refractivity contribution in [2.75, 3.05) is 6.79 Å². The number of ether oxygens (including phenoxy) is 3. The molecule has 4 aromatic rings. The zero-order valence-corrected chi connectivity index (χ0v) is 23.2. The molecule has 2 heterocycles. The maximum Gasteiger partial charge on any atom is 0.313 e. The molecule has 0 fully saturated rings. The van der Waals surface area contributed by atoms with Gasteiger partial charge in [-0.3, -0.25) is 14.9 Å². The lowest BCUT2D eigenvalue weighted by atomic mass is 10.1. The fourth-order valence-corrected chi connectivity index (χ4v) is 4.68. The summed E-state index contributed by atoms with van der Waals surface area (Å²) in [5, 5.41) is 16.7. The van der Waals surface area contributed by atoms with E-state index in [2.05, 4.69) is 26.0 Å². The number of benzene rings is 3. The highest BCUT2D eigenvalue weighted by Gasteiger charge is 2.22. The SMILES string of the molecule is CC[C@@H](C)c1nc2ccc(Br)cc2c(=O)n1N=Cc1cc(Cl)c(OCc2ccc3c(c2)OCO3)c([N+](=O)[O-])c1. The standard InChI is InChI=1S/C27H22BrClN4O6/c1-3-15(2)26-31-21-6-5-18(28)11-19(21)27(34)32(26)30-12-17-8-20(29)25(22(9-17)33(35)36)37-13-16-4-7-23-24(10-16)39-14-38-23/h4-12,15H,3,13-14H2,1-2H3/t15-/m1/s1. The van der Waals surface area contributed by atoms with Crippen molar-refractivity contribution in [2.24, 2.45) is 5.10 Å². The van der Waals surface area contributed by atoms with Crippen LogP contribution in [0.25, 0.3) is 10.9 Å². The highest BCUT2D eigenvalue weighted by Crippen LogP contribution is 2.37. The molecule has 12 heteroatoms. The highest BCUT2D eigenvalue weighted by molar-refractivity contribution is 9.10. The van der Waals surface area contributed by atoms with Gasteiger partial charge in [-0.2, -0.15) is 9.78 Å². The first-order valence-electron chi connectivity index (χ1n) is 12.0. The summed E-state index contributed by atoms with van der Waals surface area (Å²) in [7, 11) is 0. The molecule has 0 N–H and O–H groups in total.